The summed E-state index contributed by atoms with van der Waals surface area (Å²) in [6.45, 7) is 25.4. The van der Waals surface area contributed by atoms with Crippen molar-refractivity contribution in [3.63, 3.8) is 0 Å². The number of amides is 8. The van der Waals surface area contributed by atoms with Gasteiger partial charge in [0.05, 0.1) is 12.6 Å². The summed E-state index contributed by atoms with van der Waals surface area (Å²) in [5.41, 5.74) is 0. The second-order valence-electron chi connectivity index (χ2n) is 20.0. The summed E-state index contributed by atoms with van der Waals surface area (Å²) in [4.78, 5) is 120. The van der Waals surface area contributed by atoms with Gasteiger partial charge in [0.2, 0.25) is 47.3 Å². The number of rotatable bonds is 29. The number of carboxylic acid groups (broad SMARTS) is 1. The Morgan fingerprint density at radius 3 is 1.30 bits per heavy atom. The van der Waals surface area contributed by atoms with Gasteiger partial charge in [0.25, 0.3) is 0 Å². The van der Waals surface area contributed by atoms with Gasteiger partial charge < -0.3 is 53.0 Å². The summed E-state index contributed by atoms with van der Waals surface area (Å²) in [6, 6.07) is -7.93. The molecule has 0 bridgehead atoms. The molecule has 0 spiro atoms. The minimum absolute atomic E-state index is 0.0541. The van der Waals surface area contributed by atoms with Crippen LogP contribution in [0.25, 0.3) is 0 Å². The van der Waals surface area contributed by atoms with Gasteiger partial charge >= 0.3 is 5.97 Å². The quantitative estimate of drug-likeness (QED) is 0.0517. The first kappa shape index (κ1) is 59.2. The highest BCUT2D eigenvalue weighted by Gasteiger charge is 2.37. The highest BCUT2D eigenvalue weighted by molar-refractivity contribution is 5.97. The van der Waals surface area contributed by atoms with Crippen molar-refractivity contribution >= 4 is 53.2 Å². The first-order valence-electron chi connectivity index (χ1n) is 24.1. The monoisotopic (exact) mass is 936 g/mol. The molecule has 0 aromatic rings. The molecule has 1 fully saturated rings. The fourth-order valence-corrected chi connectivity index (χ4v) is 7.53. The zero-order valence-corrected chi connectivity index (χ0v) is 42.1. The van der Waals surface area contributed by atoms with E-state index in [2.05, 4.69) is 47.9 Å². The Labute approximate surface area is 393 Å². The molecule has 10 atom stereocenters. The third kappa shape index (κ3) is 20.4. The summed E-state index contributed by atoms with van der Waals surface area (Å²) < 4.78 is 0. The zero-order chi connectivity index (χ0) is 50.6. The lowest BCUT2D eigenvalue weighted by Gasteiger charge is -2.30. The molecular weight excluding hydrogens is 851 g/mol. The summed E-state index contributed by atoms with van der Waals surface area (Å²) in [7, 11) is 0. The van der Waals surface area contributed by atoms with E-state index in [1.54, 1.807) is 41.5 Å². The van der Waals surface area contributed by atoms with Crippen molar-refractivity contribution in [2.75, 3.05) is 13.1 Å². The molecule has 1 heterocycles. The molecule has 1 rings (SSSR count). The Balaban J connectivity index is 3.16. The van der Waals surface area contributed by atoms with Crippen molar-refractivity contribution in [2.24, 2.45) is 41.4 Å². The molecule has 378 valence electrons. The molecule has 0 aliphatic carbocycles. The van der Waals surface area contributed by atoms with Crippen LogP contribution in [0, 0.1) is 41.4 Å². The van der Waals surface area contributed by atoms with Crippen LogP contribution in [0.3, 0.4) is 0 Å². The molecule has 1 saturated heterocycles. The number of carboxylic acids is 1. The van der Waals surface area contributed by atoms with Gasteiger partial charge in [0.1, 0.15) is 42.3 Å². The fourth-order valence-electron chi connectivity index (χ4n) is 7.53. The number of nitrogens with one attached hydrogen (secondary N) is 9. The summed E-state index contributed by atoms with van der Waals surface area (Å²) in [5, 5.41) is 34.5. The second kappa shape index (κ2) is 29.1. The smallest absolute Gasteiger partial charge is 0.326 e. The highest BCUT2D eigenvalue weighted by Crippen LogP contribution is 2.16. The van der Waals surface area contributed by atoms with E-state index in [0.717, 1.165) is 6.42 Å². The van der Waals surface area contributed by atoms with Crippen molar-refractivity contribution in [3.8, 4) is 0 Å². The van der Waals surface area contributed by atoms with E-state index >= 15 is 0 Å². The van der Waals surface area contributed by atoms with Crippen LogP contribution < -0.4 is 47.9 Å². The number of hydrogen-bond acceptors (Lipinski definition) is 10. The standard InChI is InChI=1S/C47H85N9O10/c1-15-29(13)38(45(63)52-32(20-24(3)4)41(59)51-33(21-25(5)6)42(60)55-37(28(11)12)47(65)66)53-35(57)23-49-44(62)36(27(9)10)54-46(64)39(30(14)16-2)56-43(61)34(22-26(7)8)50-40(58)31-18-17-19-48-31/h24-34,36-39,48H,15-23H2,1-14H3,(H,49,62)(H,50,58)(H,51,59)(H,52,63)(H,53,57)(H,54,64)(H,55,60)(H,56,61)(H,65,66). The van der Waals surface area contributed by atoms with Crippen LogP contribution >= 0.6 is 0 Å². The lowest BCUT2D eigenvalue weighted by atomic mass is 9.95. The molecule has 66 heavy (non-hydrogen) atoms. The average molecular weight is 936 g/mol. The molecule has 1 aliphatic rings. The van der Waals surface area contributed by atoms with Gasteiger partial charge in [-0.05, 0) is 80.1 Å². The largest absolute Gasteiger partial charge is 0.480 e. The van der Waals surface area contributed by atoms with Crippen LogP contribution in [-0.4, -0.2) is 120 Å². The van der Waals surface area contributed by atoms with Gasteiger partial charge in [-0.2, -0.15) is 0 Å². The van der Waals surface area contributed by atoms with E-state index in [4.69, 9.17) is 0 Å². The fraction of sp³-hybridized carbons (Fsp3) is 0.809. The van der Waals surface area contributed by atoms with E-state index < -0.39 is 120 Å². The molecule has 19 heteroatoms. The van der Waals surface area contributed by atoms with Crippen molar-refractivity contribution in [2.45, 2.75) is 190 Å². The van der Waals surface area contributed by atoms with Crippen molar-refractivity contribution in [1.29, 1.82) is 0 Å². The van der Waals surface area contributed by atoms with Crippen LogP contribution in [0.2, 0.25) is 0 Å². The van der Waals surface area contributed by atoms with Gasteiger partial charge in [-0.3, -0.25) is 38.4 Å². The van der Waals surface area contributed by atoms with E-state index in [1.165, 1.54) is 0 Å². The maximum atomic E-state index is 13.9. The molecule has 0 saturated carbocycles. The summed E-state index contributed by atoms with van der Waals surface area (Å²) >= 11 is 0. The number of aliphatic carboxylic acids is 1. The zero-order valence-electron chi connectivity index (χ0n) is 42.1. The summed E-state index contributed by atoms with van der Waals surface area (Å²) in [5.74, 6) is -7.64. The van der Waals surface area contributed by atoms with Gasteiger partial charge in [-0.25, -0.2) is 4.79 Å². The highest BCUT2D eigenvalue weighted by atomic mass is 16.4. The van der Waals surface area contributed by atoms with Crippen molar-refractivity contribution in [1.82, 2.24) is 47.9 Å². The van der Waals surface area contributed by atoms with Crippen LogP contribution in [-0.2, 0) is 43.2 Å². The molecule has 8 amide bonds. The first-order valence-corrected chi connectivity index (χ1v) is 24.1. The van der Waals surface area contributed by atoms with Crippen molar-refractivity contribution < 1.29 is 48.3 Å². The normalized spacial score (nSPS) is 18.0. The second-order valence-corrected chi connectivity index (χ2v) is 20.0. The van der Waals surface area contributed by atoms with E-state index in [1.807, 2.05) is 55.4 Å². The molecule has 10 unspecified atom stereocenters. The Kier molecular flexibility index (Phi) is 26.1. The van der Waals surface area contributed by atoms with Gasteiger partial charge in [0.15, 0.2) is 0 Å². The van der Waals surface area contributed by atoms with Gasteiger partial charge in [-0.15, -0.1) is 0 Å². The van der Waals surface area contributed by atoms with E-state index in [-0.39, 0.29) is 42.4 Å². The number of hydrogen-bond donors (Lipinski definition) is 10. The SMILES string of the molecule is CCC(C)C(NC(=O)CNC(=O)C(NC(=O)C(NC(=O)C(CC(C)C)NC(=O)C1CCCN1)C(C)CC)C(C)C)C(=O)NC(CC(C)C)C(=O)NC(CC(C)C)C(=O)NC(C(=O)O)C(C)C. The first-order chi connectivity index (χ1) is 30.7. The molecule has 19 nitrogen and oxygen atoms in total. The third-order valence-electron chi connectivity index (χ3n) is 11.9. The maximum Gasteiger partial charge on any atom is 0.326 e. The topological polar surface area (TPSA) is 282 Å². The molecule has 0 aromatic carbocycles. The Morgan fingerprint density at radius 1 is 0.500 bits per heavy atom. The van der Waals surface area contributed by atoms with Gasteiger partial charge in [0, 0.05) is 0 Å². The Morgan fingerprint density at radius 2 is 0.894 bits per heavy atom. The van der Waals surface area contributed by atoms with E-state index in [9.17, 15) is 48.3 Å². The molecule has 1 aliphatic heterocycles. The Bertz CT molecular complexity index is 1630. The van der Waals surface area contributed by atoms with Crippen molar-refractivity contribution in [3.05, 3.63) is 0 Å². The minimum Gasteiger partial charge on any atom is -0.480 e. The summed E-state index contributed by atoms with van der Waals surface area (Å²) in [6.07, 6.45) is 3.23. The third-order valence-corrected chi connectivity index (χ3v) is 11.9. The molecular formula is C47H85N9O10. The van der Waals surface area contributed by atoms with Crippen LogP contribution in [0.4, 0.5) is 0 Å². The van der Waals surface area contributed by atoms with E-state index in [0.29, 0.717) is 32.2 Å². The Hall–Kier alpha value is -4.81. The van der Waals surface area contributed by atoms with Crippen LogP contribution in [0.15, 0.2) is 0 Å². The average Bonchev–Trinajstić information content (AvgIpc) is 3.78. The number of carbonyl (C=O) groups excluding carboxylic acids is 8. The lowest BCUT2D eigenvalue weighted by Crippen LogP contribution is -2.61. The number of carbonyl (C=O) groups is 9. The minimum atomic E-state index is -1.21. The van der Waals surface area contributed by atoms with Crippen LogP contribution in [0.5, 0.6) is 0 Å². The predicted octanol–water partition coefficient (Wildman–Crippen LogP) is 1.88. The molecule has 0 aromatic heterocycles. The molecule has 0 radical (unpaired) electrons. The van der Waals surface area contributed by atoms with Crippen LogP contribution in [0.1, 0.15) is 142 Å². The maximum absolute atomic E-state index is 13.9. The predicted molar refractivity (Wildman–Crippen MR) is 252 cm³/mol. The molecule has 10 N–H and O–H groups in total. The van der Waals surface area contributed by atoms with Gasteiger partial charge in [-0.1, -0.05) is 110 Å². The lowest BCUT2D eigenvalue weighted by molar-refractivity contribution is -0.143.